The topological polar surface area (TPSA) is 61.6 Å². The van der Waals surface area contributed by atoms with Crippen molar-refractivity contribution in [2.45, 2.75) is 6.61 Å². The minimum absolute atomic E-state index is 0.191. The highest BCUT2D eigenvalue weighted by atomic mass is 32.1. The minimum atomic E-state index is -0.454. The number of hydrogen-bond donors (Lipinski definition) is 0. The molecule has 3 aromatic rings. The van der Waals surface area contributed by atoms with Gasteiger partial charge in [0.2, 0.25) is 0 Å². The van der Waals surface area contributed by atoms with Crippen LogP contribution in [0.5, 0.6) is 5.75 Å². The van der Waals surface area contributed by atoms with Crippen LogP contribution in [0.25, 0.3) is 10.8 Å². The van der Waals surface area contributed by atoms with E-state index in [9.17, 15) is 4.79 Å². The molecule has 6 heteroatoms. The van der Waals surface area contributed by atoms with E-state index >= 15 is 0 Å². The molecule has 112 valence electrons. The van der Waals surface area contributed by atoms with Crippen molar-refractivity contribution < 1.29 is 18.7 Å². The zero-order chi connectivity index (χ0) is 15.4. The lowest BCUT2D eigenvalue weighted by atomic mass is 10.2. The first-order valence-electron chi connectivity index (χ1n) is 6.56. The van der Waals surface area contributed by atoms with E-state index in [0.717, 1.165) is 11.3 Å². The van der Waals surface area contributed by atoms with E-state index in [2.05, 4.69) is 4.98 Å². The fraction of sp³-hybridized carbons (Fsp3) is 0.125. The van der Waals surface area contributed by atoms with E-state index in [1.165, 1.54) is 11.3 Å². The molecule has 3 rings (SSSR count). The number of esters is 1. The van der Waals surface area contributed by atoms with Gasteiger partial charge in [0.15, 0.2) is 16.5 Å². The van der Waals surface area contributed by atoms with Crippen LogP contribution in [0.1, 0.15) is 16.1 Å². The predicted molar refractivity (Wildman–Crippen MR) is 81.9 cm³/mol. The summed E-state index contributed by atoms with van der Waals surface area (Å²) in [6.07, 6.45) is 1.57. The van der Waals surface area contributed by atoms with E-state index < -0.39 is 5.97 Å². The maximum Gasteiger partial charge on any atom is 0.358 e. The Morgan fingerprint density at radius 1 is 1.27 bits per heavy atom. The summed E-state index contributed by atoms with van der Waals surface area (Å²) in [5.74, 6) is 0.946. The van der Waals surface area contributed by atoms with Gasteiger partial charge in [0.1, 0.15) is 12.4 Å². The molecule has 5 nitrogen and oxygen atoms in total. The van der Waals surface area contributed by atoms with Crippen LogP contribution in [0.4, 0.5) is 0 Å². The fourth-order valence-corrected chi connectivity index (χ4v) is 2.58. The third-order valence-electron chi connectivity index (χ3n) is 2.97. The van der Waals surface area contributed by atoms with Gasteiger partial charge in [0, 0.05) is 5.38 Å². The molecule has 0 amide bonds. The van der Waals surface area contributed by atoms with Gasteiger partial charge in [-0.05, 0) is 29.8 Å². The number of nitrogens with zero attached hydrogens (tertiary/aromatic N) is 1. The van der Waals surface area contributed by atoms with Crippen LogP contribution >= 0.6 is 11.3 Å². The fourth-order valence-electron chi connectivity index (χ4n) is 1.83. The highest BCUT2D eigenvalue weighted by Crippen LogP contribution is 2.24. The second kappa shape index (κ2) is 6.44. The second-order valence-electron chi connectivity index (χ2n) is 4.44. The molecule has 0 unspecified atom stereocenters. The molecule has 22 heavy (non-hydrogen) atoms. The number of carbonyl (C=O) groups excluding carboxylic acids is 1. The first-order chi connectivity index (χ1) is 10.8. The molecule has 0 spiro atoms. The third-order valence-corrected chi connectivity index (χ3v) is 3.83. The summed E-state index contributed by atoms with van der Waals surface area (Å²) in [5, 5.41) is 2.31. The smallest absolute Gasteiger partial charge is 0.358 e. The van der Waals surface area contributed by atoms with Gasteiger partial charge in [-0.3, -0.25) is 0 Å². The highest BCUT2D eigenvalue weighted by molar-refractivity contribution is 7.13. The molecule has 0 radical (unpaired) electrons. The van der Waals surface area contributed by atoms with Crippen molar-refractivity contribution in [2.75, 3.05) is 7.11 Å². The Morgan fingerprint density at radius 3 is 2.77 bits per heavy atom. The van der Waals surface area contributed by atoms with E-state index in [1.54, 1.807) is 30.9 Å². The van der Waals surface area contributed by atoms with Gasteiger partial charge < -0.3 is 13.9 Å². The van der Waals surface area contributed by atoms with Gasteiger partial charge in [-0.25, -0.2) is 9.78 Å². The van der Waals surface area contributed by atoms with Crippen LogP contribution in [-0.4, -0.2) is 18.1 Å². The third kappa shape index (κ3) is 3.17. The van der Waals surface area contributed by atoms with Crippen LogP contribution < -0.4 is 4.74 Å². The molecule has 1 aromatic carbocycles. The summed E-state index contributed by atoms with van der Waals surface area (Å²) >= 11 is 1.34. The monoisotopic (exact) mass is 315 g/mol. The quantitative estimate of drug-likeness (QED) is 0.671. The molecule has 2 aromatic heterocycles. The van der Waals surface area contributed by atoms with Crippen molar-refractivity contribution in [3.8, 4) is 16.5 Å². The van der Waals surface area contributed by atoms with Gasteiger partial charge in [0.05, 0.1) is 13.4 Å². The summed E-state index contributed by atoms with van der Waals surface area (Å²) in [5.41, 5.74) is 1.17. The van der Waals surface area contributed by atoms with Gasteiger partial charge in [-0.15, -0.1) is 11.3 Å². The van der Waals surface area contributed by atoms with Crippen molar-refractivity contribution >= 4 is 17.3 Å². The number of benzene rings is 1. The van der Waals surface area contributed by atoms with Gasteiger partial charge in [0.25, 0.3) is 0 Å². The first kappa shape index (κ1) is 14.3. The Kier molecular flexibility index (Phi) is 4.20. The molecule has 2 heterocycles. The molecule has 0 fully saturated rings. The van der Waals surface area contributed by atoms with Crippen LogP contribution in [0.3, 0.4) is 0 Å². The summed E-state index contributed by atoms with van der Waals surface area (Å²) in [6.45, 7) is 0.191. The van der Waals surface area contributed by atoms with Crippen LogP contribution in [-0.2, 0) is 11.3 Å². The van der Waals surface area contributed by atoms with Crippen molar-refractivity contribution in [3.05, 3.63) is 59.3 Å². The maximum atomic E-state index is 12.0. The standard InChI is InChI=1S/C16H13NO4S/c1-19-12-6-4-11(5-7-12)9-21-16(18)13-10-22-15(17-13)14-3-2-8-20-14/h2-8,10H,9H2,1H3. The molecule has 0 aliphatic heterocycles. The van der Waals surface area contributed by atoms with E-state index in [1.807, 2.05) is 24.3 Å². The normalized spacial score (nSPS) is 10.4. The largest absolute Gasteiger partial charge is 0.497 e. The van der Waals surface area contributed by atoms with Crippen molar-refractivity contribution in [1.82, 2.24) is 4.98 Å². The lowest BCUT2D eigenvalue weighted by Gasteiger charge is -2.04. The Bertz CT molecular complexity index is 747. The van der Waals surface area contributed by atoms with Crippen molar-refractivity contribution in [3.63, 3.8) is 0 Å². The minimum Gasteiger partial charge on any atom is -0.497 e. The zero-order valence-electron chi connectivity index (χ0n) is 11.8. The summed E-state index contributed by atoms with van der Waals surface area (Å²) in [6, 6.07) is 10.9. The number of ether oxygens (including phenoxy) is 2. The van der Waals surface area contributed by atoms with E-state index in [-0.39, 0.29) is 12.3 Å². The molecule has 0 aliphatic carbocycles. The Morgan fingerprint density at radius 2 is 2.09 bits per heavy atom. The number of carbonyl (C=O) groups is 1. The molecular formula is C16H13NO4S. The Labute approximate surface area is 131 Å². The van der Waals surface area contributed by atoms with Gasteiger partial charge in [-0.1, -0.05) is 12.1 Å². The number of rotatable bonds is 5. The Hall–Kier alpha value is -2.60. The first-order valence-corrected chi connectivity index (χ1v) is 7.43. The zero-order valence-corrected chi connectivity index (χ0v) is 12.6. The molecule has 0 saturated carbocycles. The number of methoxy groups -OCH3 is 1. The summed E-state index contributed by atoms with van der Waals surface area (Å²) in [4.78, 5) is 16.2. The molecular weight excluding hydrogens is 302 g/mol. The lowest BCUT2D eigenvalue weighted by Crippen LogP contribution is -2.05. The summed E-state index contributed by atoms with van der Waals surface area (Å²) in [7, 11) is 1.61. The van der Waals surface area contributed by atoms with Gasteiger partial charge in [-0.2, -0.15) is 0 Å². The average Bonchev–Trinajstić information content (AvgIpc) is 3.23. The molecule has 0 atom stereocenters. The molecule has 0 N–H and O–H groups in total. The number of aromatic nitrogens is 1. The Balaban J connectivity index is 1.62. The second-order valence-corrected chi connectivity index (χ2v) is 5.30. The van der Waals surface area contributed by atoms with Crippen LogP contribution in [0.15, 0.2) is 52.5 Å². The molecule has 0 saturated heterocycles. The molecule has 0 aliphatic rings. The SMILES string of the molecule is COc1ccc(COC(=O)c2csc(-c3ccco3)n2)cc1. The van der Waals surface area contributed by atoms with Crippen LogP contribution in [0.2, 0.25) is 0 Å². The number of hydrogen-bond acceptors (Lipinski definition) is 6. The predicted octanol–water partition coefficient (Wildman–Crippen LogP) is 3.77. The summed E-state index contributed by atoms with van der Waals surface area (Å²) < 4.78 is 15.6. The van der Waals surface area contributed by atoms with Gasteiger partial charge >= 0.3 is 5.97 Å². The van der Waals surface area contributed by atoms with Crippen molar-refractivity contribution in [1.29, 1.82) is 0 Å². The average molecular weight is 315 g/mol. The number of furan rings is 1. The lowest BCUT2D eigenvalue weighted by molar-refractivity contribution is 0.0467. The maximum absolute atomic E-state index is 12.0. The number of thiazole rings is 1. The van der Waals surface area contributed by atoms with E-state index in [4.69, 9.17) is 13.9 Å². The van der Waals surface area contributed by atoms with E-state index in [0.29, 0.717) is 10.8 Å². The van der Waals surface area contributed by atoms with Crippen molar-refractivity contribution in [2.24, 2.45) is 0 Å². The highest BCUT2D eigenvalue weighted by Gasteiger charge is 2.14. The van der Waals surface area contributed by atoms with Crippen LogP contribution in [0, 0.1) is 0 Å². The molecule has 0 bridgehead atoms.